The molecule has 2 aliphatic heterocycles. The minimum Gasteiger partial charge on any atom is -0.461 e. The number of ether oxygens (including phenoxy) is 1. The largest absolute Gasteiger partial charge is 0.461 e. The van der Waals surface area contributed by atoms with Gasteiger partial charge in [0.15, 0.2) is 0 Å². The molecular formula is C16H21NO2. The van der Waals surface area contributed by atoms with E-state index in [1.54, 1.807) is 0 Å². The first-order chi connectivity index (χ1) is 9.24. The third-order valence-electron chi connectivity index (χ3n) is 4.43. The van der Waals surface area contributed by atoms with Gasteiger partial charge in [0, 0.05) is 25.6 Å². The summed E-state index contributed by atoms with van der Waals surface area (Å²) in [5.41, 5.74) is 1.35. The Morgan fingerprint density at radius 1 is 1.21 bits per heavy atom. The molecule has 102 valence electrons. The topological polar surface area (TPSA) is 29.5 Å². The van der Waals surface area contributed by atoms with E-state index in [0.717, 1.165) is 25.8 Å². The van der Waals surface area contributed by atoms with Crippen LogP contribution >= 0.6 is 0 Å². The second-order valence-corrected chi connectivity index (χ2v) is 5.68. The zero-order chi connectivity index (χ0) is 13.2. The van der Waals surface area contributed by atoms with Crippen LogP contribution in [0.5, 0.6) is 0 Å². The van der Waals surface area contributed by atoms with Crippen LogP contribution in [0.25, 0.3) is 0 Å². The molecular weight excluding hydrogens is 238 g/mol. The summed E-state index contributed by atoms with van der Waals surface area (Å²) < 4.78 is 5.51. The summed E-state index contributed by atoms with van der Waals surface area (Å²) in [6, 6.07) is 11.7. The van der Waals surface area contributed by atoms with Gasteiger partial charge in [0.2, 0.25) is 0 Å². The molecule has 3 atom stereocenters. The summed E-state index contributed by atoms with van der Waals surface area (Å²) in [6.07, 6.45) is 4.69. The molecule has 0 spiro atoms. The number of benzene rings is 1. The quantitative estimate of drug-likeness (QED) is 0.782. The van der Waals surface area contributed by atoms with Crippen LogP contribution in [0.4, 0.5) is 0 Å². The monoisotopic (exact) mass is 259 g/mol. The second kappa shape index (κ2) is 5.33. The molecule has 2 bridgehead atoms. The van der Waals surface area contributed by atoms with Crippen molar-refractivity contribution in [3.05, 3.63) is 35.9 Å². The average molecular weight is 259 g/mol. The minimum atomic E-state index is -0.144. The Labute approximate surface area is 114 Å². The SMILES string of the molecule is CC(=O)O[C@H]1CC[C@@H]2CC[C@H]1N2Cc1ccccc1. The molecule has 0 amide bonds. The van der Waals surface area contributed by atoms with Crippen LogP contribution in [0, 0.1) is 0 Å². The molecule has 2 heterocycles. The lowest BCUT2D eigenvalue weighted by molar-refractivity contribution is -0.152. The summed E-state index contributed by atoms with van der Waals surface area (Å²) in [5, 5.41) is 0. The lowest BCUT2D eigenvalue weighted by Crippen LogP contribution is -2.48. The Kier molecular flexibility index (Phi) is 3.56. The molecule has 0 unspecified atom stereocenters. The molecule has 3 heteroatoms. The van der Waals surface area contributed by atoms with Crippen LogP contribution in [0.1, 0.15) is 38.2 Å². The molecule has 2 aliphatic rings. The minimum absolute atomic E-state index is 0.0972. The number of piperidine rings is 1. The third-order valence-corrected chi connectivity index (χ3v) is 4.43. The van der Waals surface area contributed by atoms with E-state index in [2.05, 4.69) is 35.2 Å². The molecule has 3 nitrogen and oxygen atoms in total. The van der Waals surface area contributed by atoms with Crippen LogP contribution in [0.3, 0.4) is 0 Å². The highest BCUT2D eigenvalue weighted by Crippen LogP contribution is 2.38. The van der Waals surface area contributed by atoms with Gasteiger partial charge in [-0.3, -0.25) is 9.69 Å². The summed E-state index contributed by atoms with van der Waals surface area (Å²) in [7, 11) is 0. The highest BCUT2D eigenvalue weighted by atomic mass is 16.5. The number of esters is 1. The van der Waals surface area contributed by atoms with Crippen molar-refractivity contribution in [3.8, 4) is 0 Å². The van der Waals surface area contributed by atoms with E-state index in [1.165, 1.54) is 18.9 Å². The average Bonchev–Trinajstić information content (AvgIpc) is 2.66. The maximum Gasteiger partial charge on any atom is 0.302 e. The van der Waals surface area contributed by atoms with Crippen molar-refractivity contribution in [2.45, 2.75) is 57.3 Å². The molecule has 0 radical (unpaired) electrons. The van der Waals surface area contributed by atoms with Crippen LogP contribution in [-0.4, -0.2) is 29.1 Å². The Hall–Kier alpha value is -1.35. The molecule has 19 heavy (non-hydrogen) atoms. The predicted molar refractivity (Wildman–Crippen MR) is 73.6 cm³/mol. The lowest BCUT2D eigenvalue weighted by Gasteiger charge is -2.39. The van der Waals surface area contributed by atoms with Gasteiger partial charge in [0.1, 0.15) is 6.10 Å². The number of carbonyl (C=O) groups excluding carboxylic acids is 1. The number of hydrogen-bond donors (Lipinski definition) is 0. The van der Waals surface area contributed by atoms with Gasteiger partial charge in [0.25, 0.3) is 0 Å². The molecule has 2 fully saturated rings. The summed E-state index contributed by atoms with van der Waals surface area (Å²) >= 11 is 0. The first-order valence-electron chi connectivity index (χ1n) is 7.21. The highest BCUT2D eigenvalue weighted by Gasteiger charge is 2.43. The predicted octanol–water partition coefficient (Wildman–Crippen LogP) is 2.75. The van der Waals surface area contributed by atoms with Crippen LogP contribution in [-0.2, 0) is 16.1 Å². The number of nitrogens with zero attached hydrogens (tertiary/aromatic N) is 1. The fourth-order valence-electron chi connectivity index (χ4n) is 3.62. The van der Waals surface area contributed by atoms with Gasteiger partial charge in [-0.15, -0.1) is 0 Å². The molecule has 0 saturated carbocycles. The van der Waals surface area contributed by atoms with Crippen LogP contribution in [0.15, 0.2) is 30.3 Å². The van der Waals surface area contributed by atoms with Crippen molar-refractivity contribution >= 4 is 5.97 Å². The Bertz CT molecular complexity index is 445. The Morgan fingerprint density at radius 3 is 2.68 bits per heavy atom. The van der Waals surface area contributed by atoms with Gasteiger partial charge in [-0.1, -0.05) is 30.3 Å². The zero-order valence-electron chi connectivity index (χ0n) is 11.4. The van der Waals surface area contributed by atoms with Crippen LogP contribution < -0.4 is 0 Å². The van der Waals surface area contributed by atoms with Crippen molar-refractivity contribution in [1.82, 2.24) is 4.90 Å². The van der Waals surface area contributed by atoms with E-state index in [9.17, 15) is 4.79 Å². The molecule has 1 aromatic carbocycles. The third kappa shape index (κ3) is 2.66. The van der Waals surface area contributed by atoms with E-state index in [0.29, 0.717) is 12.1 Å². The van der Waals surface area contributed by atoms with Gasteiger partial charge in [-0.2, -0.15) is 0 Å². The molecule has 0 N–H and O–H groups in total. The van der Waals surface area contributed by atoms with Gasteiger partial charge in [-0.25, -0.2) is 0 Å². The fourth-order valence-corrected chi connectivity index (χ4v) is 3.62. The van der Waals surface area contributed by atoms with E-state index in [1.807, 2.05) is 0 Å². The summed E-state index contributed by atoms with van der Waals surface area (Å²) in [5.74, 6) is -0.144. The van der Waals surface area contributed by atoms with E-state index < -0.39 is 0 Å². The molecule has 0 aromatic heterocycles. The van der Waals surface area contributed by atoms with Crippen molar-refractivity contribution in [1.29, 1.82) is 0 Å². The smallest absolute Gasteiger partial charge is 0.302 e. The van der Waals surface area contributed by atoms with Crippen molar-refractivity contribution < 1.29 is 9.53 Å². The molecule has 1 aromatic rings. The van der Waals surface area contributed by atoms with Gasteiger partial charge >= 0.3 is 5.97 Å². The van der Waals surface area contributed by atoms with Crippen molar-refractivity contribution in [2.75, 3.05) is 0 Å². The van der Waals surface area contributed by atoms with E-state index in [4.69, 9.17) is 4.74 Å². The number of hydrogen-bond acceptors (Lipinski definition) is 3. The zero-order valence-corrected chi connectivity index (χ0v) is 11.4. The van der Waals surface area contributed by atoms with E-state index in [-0.39, 0.29) is 12.1 Å². The molecule has 2 saturated heterocycles. The fraction of sp³-hybridized carbons (Fsp3) is 0.562. The summed E-state index contributed by atoms with van der Waals surface area (Å²) in [4.78, 5) is 13.8. The second-order valence-electron chi connectivity index (χ2n) is 5.68. The number of rotatable bonds is 3. The normalized spacial score (nSPS) is 30.3. The lowest BCUT2D eigenvalue weighted by atomic mass is 9.98. The number of fused-ring (bicyclic) bond motifs is 2. The van der Waals surface area contributed by atoms with E-state index >= 15 is 0 Å². The van der Waals surface area contributed by atoms with Crippen LogP contribution in [0.2, 0.25) is 0 Å². The highest BCUT2D eigenvalue weighted by molar-refractivity contribution is 5.66. The number of carbonyl (C=O) groups is 1. The van der Waals surface area contributed by atoms with Gasteiger partial charge in [-0.05, 0) is 31.2 Å². The maximum atomic E-state index is 11.2. The first-order valence-corrected chi connectivity index (χ1v) is 7.21. The van der Waals surface area contributed by atoms with Crippen molar-refractivity contribution in [3.63, 3.8) is 0 Å². The first kappa shape index (κ1) is 12.7. The molecule has 0 aliphatic carbocycles. The van der Waals surface area contributed by atoms with Crippen molar-refractivity contribution in [2.24, 2.45) is 0 Å². The molecule has 3 rings (SSSR count). The summed E-state index contributed by atoms with van der Waals surface area (Å²) in [6.45, 7) is 2.50. The van der Waals surface area contributed by atoms with Gasteiger partial charge in [0.05, 0.1) is 0 Å². The Morgan fingerprint density at radius 2 is 1.95 bits per heavy atom. The Balaban J connectivity index is 1.72. The van der Waals surface area contributed by atoms with Gasteiger partial charge < -0.3 is 4.74 Å². The standard InChI is InChI=1S/C16H21NO2/c1-12(18)19-16-10-8-14-7-9-15(16)17(14)11-13-5-3-2-4-6-13/h2-6,14-16H,7-11H2,1H3/t14-,15+,16-/m0/s1. The maximum absolute atomic E-state index is 11.2.